The van der Waals surface area contributed by atoms with Crippen LogP contribution in [0.25, 0.3) is 0 Å². The van der Waals surface area contributed by atoms with Crippen molar-refractivity contribution < 1.29 is 12.7 Å². The zero-order chi connectivity index (χ0) is 8.74. The van der Waals surface area contributed by atoms with Crippen LogP contribution in [0.2, 0.25) is 0 Å². The minimum atomic E-state index is -3.37. The van der Waals surface area contributed by atoms with Gasteiger partial charge in [-0.3, -0.25) is 0 Å². The molecule has 0 aliphatic heterocycles. The third-order valence-corrected chi connectivity index (χ3v) is 2.17. The number of nitrogens with two attached hydrogens (primary N) is 1. The number of rotatable bonds is 6. The van der Waals surface area contributed by atoms with Crippen LogP contribution >= 0.6 is 0 Å². The second-order valence-corrected chi connectivity index (χ2v) is 3.72. The third kappa shape index (κ3) is 8.92. The molecule has 12 heavy (non-hydrogen) atoms. The molecule has 0 radical (unpaired) electrons. The van der Waals surface area contributed by atoms with Crippen LogP contribution in [0.15, 0.2) is 0 Å². The first-order chi connectivity index (χ1) is 5.12. The molecule has 70 valence electrons. The molecule has 0 fully saturated rings. The Hall–Kier alpha value is 0.830. The molecule has 0 rings (SSSR count). The maximum absolute atomic E-state index is 10.8. The van der Waals surface area contributed by atoms with E-state index in [-0.39, 0.29) is 35.3 Å². The first-order valence-electron chi connectivity index (χ1n) is 3.46. The summed E-state index contributed by atoms with van der Waals surface area (Å²) in [6, 6.07) is 0. The van der Waals surface area contributed by atoms with E-state index in [9.17, 15) is 8.42 Å². The predicted molar refractivity (Wildman–Crippen MR) is 49.4 cm³/mol. The molecule has 0 spiro atoms. The van der Waals surface area contributed by atoms with Gasteiger partial charge < -0.3 is 5.73 Å². The molecule has 0 saturated carbocycles. The molecule has 0 atom stereocenters. The third-order valence-electron chi connectivity index (χ3n) is 0.886. The first-order valence-corrected chi connectivity index (χ1v) is 5.04. The van der Waals surface area contributed by atoms with E-state index in [0.717, 1.165) is 0 Å². The molecule has 0 aromatic heterocycles. The van der Waals surface area contributed by atoms with E-state index < -0.39 is 10.1 Å². The van der Waals surface area contributed by atoms with Crippen molar-refractivity contribution in [2.45, 2.75) is 13.3 Å². The van der Waals surface area contributed by atoms with Crippen LogP contribution in [0.5, 0.6) is 0 Å². The quantitative estimate of drug-likeness (QED) is 0.316. The topological polar surface area (TPSA) is 81.4 Å². The van der Waals surface area contributed by atoms with Gasteiger partial charge in [-0.15, -0.1) is 0 Å². The van der Waals surface area contributed by atoms with Crippen molar-refractivity contribution >= 4 is 39.7 Å². The Labute approximate surface area is 95.4 Å². The van der Waals surface area contributed by atoms with E-state index >= 15 is 0 Å². The first kappa shape index (κ1) is 15.3. The van der Waals surface area contributed by atoms with Crippen LogP contribution in [-0.2, 0) is 14.4 Å². The molecular weight excluding hydrogens is 191 g/mol. The molecule has 0 amide bonds. The van der Waals surface area contributed by atoms with Gasteiger partial charge in [0, 0.05) is 13.1 Å². The van der Waals surface area contributed by atoms with Gasteiger partial charge in [0.05, 0.1) is 5.75 Å². The molecule has 0 aliphatic carbocycles. The van der Waals surface area contributed by atoms with E-state index in [1.54, 1.807) is 6.92 Å². The average molecular weight is 206 g/mol. The monoisotopic (exact) mass is 206 g/mol. The van der Waals surface area contributed by atoms with E-state index in [1.807, 2.05) is 0 Å². The van der Waals surface area contributed by atoms with Gasteiger partial charge in [0.15, 0.2) is 0 Å². The summed E-state index contributed by atoms with van der Waals surface area (Å²) < 4.78 is 25.9. The number of hydrogen-bond acceptors (Lipinski definition) is 5. The predicted octanol–water partition coefficient (Wildman–Crippen LogP) is -1.44. The summed E-state index contributed by atoms with van der Waals surface area (Å²) >= 11 is 0. The van der Waals surface area contributed by atoms with E-state index in [4.69, 9.17) is 5.73 Å². The number of hydroxylamine groups is 1. The Morgan fingerprint density at radius 3 is 2.50 bits per heavy atom. The molecule has 0 aromatic rings. The fourth-order valence-electron chi connectivity index (χ4n) is 0.482. The Balaban J connectivity index is 0. The molecule has 0 heterocycles. The van der Waals surface area contributed by atoms with E-state index in [2.05, 4.69) is 9.76 Å². The van der Waals surface area contributed by atoms with Crippen molar-refractivity contribution in [2.75, 3.05) is 18.8 Å². The van der Waals surface area contributed by atoms with Crippen LogP contribution in [0.4, 0.5) is 0 Å². The maximum atomic E-state index is 10.8. The van der Waals surface area contributed by atoms with Gasteiger partial charge in [-0.25, -0.2) is 0 Å². The molecule has 5 nitrogen and oxygen atoms in total. The van der Waals surface area contributed by atoms with Crippen molar-refractivity contribution in [3.8, 4) is 0 Å². The Bertz CT molecular complexity index is 183. The van der Waals surface area contributed by atoms with Gasteiger partial charge in [-0.2, -0.15) is 18.2 Å². The van der Waals surface area contributed by atoms with Crippen LogP contribution < -0.4 is 11.2 Å². The Morgan fingerprint density at radius 1 is 1.50 bits per heavy atom. The average Bonchev–Trinajstić information content (AvgIpc) is 1.87. The molecule has 7 heteroatoms. The van der Waals surface area contributed by atoms with Gasteiger partial charge in [0.2, 0.25) is 0 Å². The van der Waals surface area contributed by atoms with Crippen LogP contribution in [0, 0.1) is 0 Å². The normalized spacial score (nSPS) is 10.8. The summed E-state index contributed by atoms with van der Waals surface area (Å²) in [5, 5.41) is 0. The van der Waals surface area contributed by atoms with E-state index in [1.165, 1.54) is 0 Å². The summed E-state index contributed by atoms with van der Waals surface area (Å²) in [4.78, 5) is 0. The molecule has 3 N–H and O–H groups in total. The number of nitrogens with one attached hydrogen (secondary N) is 1. The Morgan fingerprint density at radius 2 is 2.08 bits per heavy atom. The van der Waals surface area contributed by atoms with Gasteiger partial charge in [0.1, 0.15) is 0 Å². The van der Waals surface area contributed by atoms with E-state index in [0.29, 0.717) is 19.5 Å². The SMILES string of the molecule is CCCS(=O)(=O)ONCCN.[NaH]. The van der Waals surface area contributed by atoms with Crippen LogP contribution in [-0.4, -0.2) is 56.8 Å². The molecule has 0 aromatic carbocycles. The summed E-state index contributed by atoms with van der Waals surface area (Å²) in [6.07, 6.45) is 0.548. The van der Waals surface area contributed by atoms with Crippen LogP contribution in [0.1, 0.15) is 13.3 Å². The summed E-state index contributed by atoms with van der Waals surface area (Å²) in [7, 11) is -3.37. The second kappa shape index (κ2) is 8.43. The van der Waals surface area contributed by atoms with Crippen LogP contribution in [0.3, 0.4) is 0 Å². The standard InChI is InChI=1S/C5H14N2O3S.Na.H/c1-2-5-11(8,9)10-7-4-3-6;;/h7H,2-6H2,1H3;;. The van der Waals surface area contributed by atoms with Gasteiger partial charge in [0.25, 0.3) is 10.1 Å². The molecule has 0 saturated heterocycles. The summed E-state index contributed by atoms with van der Waals surface area (Å²) in [6.45, 7) is 2.45. The second-order valence-electron chi connectivity index (χ2n) is 2.03. The number of hydrogen-bond donors (Lipinski definition) is 2. The van der Waals surface area contributed by atoms with Gasteiger partial charge >= 0.3 is 29.6 Å². The van der Waals surface area contributed by atoms with Crippen molar-refractivity contribution in [1.29, 1.82) is 0 Å². The fourth-order valence-corrected chi connectivity index (χ4v) is 1.33. The zero-order valence-corrected chi connectivity index (χ0v) is 7.36. The van der Waals surface area contributed by atoms with Crippen molar-refractivity contribution in [3.05, 3.63) is 0 Å². The molecule has 0 bridgehead atoms. The zero-order valence-electron chi connectivity index (χ0n) is 6.54. The minimum absolute atomic E-state index is 0. The van der Waals surface area contributed by atoms with Gasteiger partial charge in [-0.05, 0) is 6.42 Å². The van der Waals surface area contributed by atoms with Crippen molar-refractivity contribution in [1.82, 2.24) is 5.48 Å². The summed E-state index contributed by atoms with van der Waals surface area (Å²) in [5.74, 6) is 0.0323. The summed E-state index contributed by atoms with van der Waals surface area (Å²) in [5.41, 5.74) is 7.34. The van der Waals surface area contributed by atoms with Crippen molar-refractivity contribution in [2.24, 2.45) is 5.73 Å². The fraction of sp³-hybridized carbons (Fsp3) is 1.00. The molecule has 0 aliphatic rings. The molecule has 0 unspecified atom stereocenters. The molecular formula is C5H15N2NaO3S. The Kier molecular flexibility index (Phi) is 10.8. The van der Waals surface area contributed by atoms with Crippen molar-refractivity contribution in [3.63, 3.8) is 0 Å². The van der Waals surface area contributed by atoms with Gasteiger partial charge in [-0.1, -0.05) is 6.92 Å².